The smallest absolute Gasteiger partial charge is 0.0625 e. The predicted molar refractivity (Wildman–Crippen MR) is 48.8 cm³/mol. The Kier molecular flexibility index (Phi) is 2.13. The van der Waals surface area contributed by atoms with Gasteiger partial charge in [0, 0.05) is 12.0 Å². The van der Waals surface area contributed by atoms with E-state index in [1.165, 1.54) is 19.3 Å². The summed E-state index contributed by atoms with van der Waals surface area (Å²) in [7, 11) is 0. The van der Waals surface area contributed by atoms with Gasteiger partial charge >= 0.3 is 0 Å². The number of hydrogen-bond acceptors (Lipinski definition) is 2. The van der Waals surface area contributed by atoms with Crippen molar-refractivity contribution in [1.82, 2.24) is 0 Å². The third kappa shape index (κ3) is 1.17. The van der Waals surface area contributed by atoms with Crippen molar-refractivity contribution in [3.63, 3.8) is 0 Å². The number of hydrogen-bond donors (Lipinski definition) is 1. The van der Waals surface area contributed by atoms with Crippen LogP contribution in [0.4, 0.5) is 0 Å². The average molecular weight is 169 g/mol. The first-order valence-corrected chi connectivity index (χ1v) is 5.11. The van der Waals surface area contributed by atoms with Gasteiger partial charge in [-0.1, -0.05) is 6.92 Å². The summed E-state index contributed by atoms with van der Waals surface area (Å²) in [6.45, 7) is 4.45. The molecule has 1 aliphatic carbocycles. The summed E-state index contributed by atoms with van der Waals surface area (Å²) in [4.78, 5) is 0. The molecule has 1 heterocycles. The molecule has 2 nitrogen and oxygen atoms in total. The molecule has 0 radical (unpaired) electrons. The fraction of sp³-hybridized carbons (Fsp3) is 1.00. The highest BCUT2D eigenvalue weighted by Crippen LogP contribution is 2.40. The zero-order chi connectivity index (χ0) is 8.72. The quantitative estimate of drug-likeness (QED) is 0.597. The largest absolute Gasteiger partial charge is 0.375 e. The minimum atomic E-state index is 0.392. The van der Waals surface area contributed by atoms with E-state index >= 15 is 0 Å². The van der Waals surface area contributed by atoms with Crippen LogP contribution in [0.15, 0.2) is 0 Å². The summed E-state index contributed by atoms with van der Waals surface area (Å²) in [6.07, 6.45) is 4.57. The summed E-state index contributed by atoms with van der Waals surface area (Å²) in [5, 5.41) is 0. The molecule has 1 saturated heterocycles. The fourth-order valence-corrected chi connectivity index (χ4v) is 2.82. The van der Waals surface area contributed by atoms with Crippen molar-refractivity contribution in [2.75, 3.05) is 0 Å². The first-order chi connectivity index (χ1) is 5.70. The summed E-state index contributed by atoms with van der Waals surface area (Å²) in [6, 6.07) is 0.392. The van der Waals surface area contributed by atoms with Gasteiger partial charge in [-0.3, -0.25) is 0 Å². The Morgan fingerprint density at radius 2 is 2.00 bits per heavy atom. The predicted octanol–water partition coefficient (Wildman–Crippen LogP) is 1.54. The molecule has 2 fully saturated rings. The van der Waals surface area contributed by atoms with Crippen LogP contribution in [0.5, 0.6) is 0 Å². The third-order valence-electron chi connectivity index (χ3n) is 3.69. The van der Waals surface area contributed by atoms with Gasteiger partial charge in [0.1, 0.15) is 0 Å². The van der Waals surface area contributed by atoms with Gasteiger partial charge in [0.05, 0.1) is 12.2 Å². The van der Waals surface area contributed by atoms with Crippen molar-refractivity contribution in [2.45, 2.75) is 51.4 Å². The van der Waals surface area contributed by atoms with Gasteiger partial charge in [-0.15, -0.1) is 0 Å². The van der Waals surface area contributed by atoms with E-state index in [4.69, 9.17) is 10.5 Å². The highest BCUT2D eigenvalue weighted by Gasteiger charge is 2.44. The van der Waals surface area contributed by atoms with Crippen molar-refractivity contribution < 1.29 is 4.74 Å². The lowest BCUT2D eigenvalue weighted by Crippen LogP contribution is -2.41. The second-order valence-corrected chi connectivity index (χ2v) is 4.41. The maximum Gasteiger partial charge on any atom is 0.0625 e. The van der Waals surface area contributed by atoms with Crippen molar-refractivity contribution in [1.29, 1.82) is 0 Å². The van der Waals surface area contributed by atoms with Gasteiger partial charge in [-0.05, 0) is 32.1 Å². The first kappa shape index (κ1) is 8.52. The van der Waals surface area contributed by atoms with Crippen LogP contribution in [0.1, 0.15) is 33.1 Å². The zero-order valence-corrected chi connectivity index (χ0v) is 7.99. The molecule has 0 bridgehead atoms. The lowest BCUT2D eigenvalue weighted by atomic mass is 9.76. The molecule has 2 N–H and O–H groups in total. The Morgan fingerprint density at radius 1 is 1.25 bits per heavy atom. The standard InChI is InChI=1S/C10H19NO/c1-6-7(2)12-9-5-3-4-8(11)10(6)9/h6-10H,3-5,11H2,1-2H3/t6-,7+,8+,9-,10-/m1/s1. The van der Waals surface area contributed by atoms with Crippen molar-refractivity contribution in [3.8, 4) is 0 Å². The molecule has 0 unspecified atom stereocenters. The molecule has 70 valence electrons. The highest BCUT2D eigenvalue weighted by molar-refractivity contribution is 4.94. The Balaban J connectivity index is 2.12. The molecule has 0 amide bonds. The molecule has 0 aromatic heterocycles. The van der Waals surface area contributed by atoms with E-state index in [9.17, 15) is 0 Å². The van der Waals surface area contributed by atoms with Crippen molar-refractivity contribution >= 4 is 0 Å². The fourth-order valence-electron chi connectivity index (χ4n) is 2.82. The summed E-state index contributed by atoms with van der Waals surface area (Å²) in [5.74, 6) is 1.29. The zero-order valence-electron chi connectivity index (χ0n) is 7.99. The summed E-state index contributed by atoms with van der Waals surface area (Å²) >= 11 is 0. The average Bonchev–Trinajstić information content (AvgIpc) is 2.29. The Hall–Kier alpha value is -0.0800. The number of ether oxygens (including phenoxy) is 1. The molecule has 0 aromatic carbocycles. The van der Waals surface area contributed by atoms with E-state index in [2.05, 4.69) is 13.8 Å². The molecule has 0 spiro atoms. The maximum absolute atomic E-state index is 6.09. The molecular weight excluding hydrogens is 150 g/mol. The summed E-state index contributed by atoms with van der Waals surface area (Å²) in [5.41, 5.74) is 6.09. The molecule has 2 heteroatoms. The van der Waals surface area contributed by atoms with Crippen LogP contribution in [-0.2, 0) is 4.74 Å². The molecule has 2 aliphatic rings. The SMILES string of the molecule is C[C@H]1[C@@H]2[C@@H](N)CCC[C@H]2O[C@H]1C. The van der Waals surface area contributed by atoms with Gasteiger partial charge < -0.3 is 10.5 Å². The minimum absolute atomic E-state index is 0.392. The van der Waals surface area contributed by atoms with E-state index < -0.39 is 0 Å². The number of fused-ring (bicyclic) bond motifs is 1. The van der Waals surface area contributed by atoms with Crippen LogP contribution in [-0.4, -0.2) is 18.2 Å². The van der Waals surface area contributed by atoms with Crippen LogP contribution in [0.3, 0.4) is 0 Å². The van der Waals surface area contributed by atoms with E-state index in [-0.39, 0.29) is 0 Å². The van der Waals surface area contributed by atoms with E-state index in [1.807, 2.05) is 0 Å². The van der Waals surface area contributed by atoms with Gasteiger partial charge in [0.15, 0.2) is 0 Å². The molecule has 1 saturated carbocycles. The van der Waals surface area contributed by atoms with E-state index in [0.29, 0.717) is 30.1 Å². The van der Waals surface area contributed by atoms with Crippen LogP contribution < -0.4 is 5.73 Å². The minimum Gasteiger partial charge on any atom is -0.375 e. The molecule has 0 aromatic rings. The first-order valence-electron chi connectivity index (χ1n) is 5.11. The Morgan fingerprint density at radius 3 is 2.67 bits per heavy atom. The van der Waals surface area contributed by atoms with Crippen molar-refractivity contribution in [3.05, 3.63) is 0 Å². The van der Waals surface area contributed by atoms with Crippen LogP contribution in [0, 0.1) is 11.8 Å². The molecule has 1 aliphatic heterocycles. The lowest BCUT2D eigenvalue weighted by Gasteiger charge is -2.31. The van der Waals surface area contributed by atoms with Crippen LogP contribution >= 0.6 is 0 Å². The molecule has 12 heavy (non-hydrogen) atoms. The normalized spacial score (nSPS) is 53.8. The van der Waals surface area contributed by atoms with Gasteiger partial charge in [0.2, 0.25) is 0 Å². The van der Waals surface area contributed by atoms with E-state index in [0.717, 1.165) is 0 Å². The van der Waals surface area contributed by atoms with Gasteiger partial charge in [-0.2, -0.15) is 0 Å². The third-order valence-corrected chi connectivity index (χ3v) is 3.69. The molecule has 5 atom stereocenters. The van der Waals surface area contributed by atoms with Crippen LogP contribution in [0.25, 0.3) is 0 Å². The lowest BCUT2D eigenvalue weighted by molar-refractivity contribution is 0.0216. The Labute approximate surface area is 74.5 Å². The molecule has 2 rings (SSSR count). The van der Waals surface area contributed by atoms with Gasteiger partial charge in [0.25, 0.3) is 0 Å². The van der Waals surface area contributed by atoms with Gasteiger partial charge in [-0.25, -0.2) is 0 Å². The van der Waals surface area contributed by atoms with Crippen LogP contribution in [0.2, 0.25) is 0 Å². The number of rotatable bonds is 0. The highest BCUT2D eigenvalue weighted by atomic mass is 16.5. The molecular formula is C10H19NO. The maximum atomic E-state index is 6.09. The number of nitrogens with two attached hydrogens (primary N) is 1. The van der Waals surface area contributed by atoms with Crippen molar-refractivity contribution in [2.24, 2.45) is 17.6 Å². The second kappa shape index (κ2) is 3.00. The summed E-state index contributed by atoms with van der Waals surface area (Å²) < 4.78 is 5.87. The Bertz CT molecular complexity index is 171. The topological polar surface area (TPSA) is 35.2 Å². The van der Waals surface area contributed by atoms with E-state index in [1.54, 1.807) is 0 Å². The second-order valence-electron chi connectivity index (χ2n) is 4.41. The monoisotopic (exact) mass is 169 g/mol.